The average molecular weight is 436 g/mol. The van der Waals surface area contributed by atoms with Crippen molar-refractivity contribution in [3.05, 3.63) is 89.7 Å². The molecule has 0 atom stereocenters. The Morgan fingerprint density at radius 1 is 0.939 bits per heavy atom. The molecule has 6 heteroatoms. The third-order valence-corrected chi connectivity index (χ3v) is 6.41. The number of aromatic nitrogens is 2. The first-order chi connectivity index (χ1) is 16.3. The molecule has 6 nitrogen and oxygen atoms in total. The molecule has 1 saturated heterocycles. The summed E-state index contributed by atoms with van der Waals surface area (Å²) in [5, 5.41) is 10.1. The van der Waals surface area contributed by atoms with Crippen molar-refractivity contribution in [2.24, 2.45) is 0 Å². The number of aromatic amines is 1. The molecule has 0 saturated carbocycles. The number of imidazole rings is 1. The van der Waals surface area contributed by atoms with Crippen molar-refractivity contribution in [3.63, 3.8) is 0 Å². The van der Waals surface area contributed by atoms with Crippen molar-refractivity contribution in [3.8, 4) is 0 Å². The summed E-state index contributed by atoms with van der Waals surface area (Å²) in [5.74, 6) is 0.584. The van der Waals surface area contributed by atoms with Crippen LogP contribution < -0.4 is 16.0 Å². The van der Waals surface area contributed by atoms with Crippen LogP contribution in [0.2, 0.25) is 0 Å². The van der Waals surface area contributed by atoms with Crippen molar-refractivity contribution in [1.29, 1.82) is 0 Å². The van der Waals surface area contributed by atoms with Gasteiger partial charge in [0.05, 0.1) is 16.6 Å². The van der Waals surface area contributed by atoms with Crippen molar-refractivity contribution in [2.45, 2.75) is 18.9 Å². The number of piperidine rings is 1. The molecule has 33 heavy (non-hydrogen) atoms. The fraction of sp³-hybridized carbons (Fsp3) is 0.185. The van der Waals surface area contributed by atoms with Gasteiger partial charge in [-0.1, -0.05) is 42.5 Å². The van der Waals surface area contributed by atoms with Crippen LogP contribution >= 0.6 is 0 Å². The van der Waals surface area contributed by atoms with Crippen LogP contribution in [0.5, 0.6) is 0 Å². The van der Waals surface area contributed by atoms with Crippen LogP contribution in [0.3, 0.4) is 0 Å². The zero-order valence-electron chi connectivity index (χ0n) is 18.2. The molecule has 2 aliphatic rings. The van der Waals surface area contributed by atoms with Crippen LogP contribution in [-0.4, -0.2) is 35.0 Å². The lowest BCUT2D eigenvalue weighted by Crippen LogP contribution is -2.35. The maximum atomic E-state index is 13.3. The van der Waals surface area contributed by atoms with Crippen molar-refractivity contribution >= 4 is 39.5 Å². The highest BCUT2D eigenvalue weighted by Crippen LogP contribution is 2.41. The summed E-state index contributed by atoms with van der Waals surface area (Å²) >= 11 is 0. The molecule has 164 valence electrons. The third kappa shape index (κ3) is 3.68. The molecule has 3 heterocycles. The summed E-state index contributed by atoms with van der Waals surface area (Å²) in [6, 6.07) is 24.5. The first-order valence-electron chi connectivity index (χ1n) is 11.4. The van der Waals surface area contributed by atoms with E-state index in [1.807, 2.05) is 66.7 Å². The van der Waals surface area contributed by atoms with Crippen molar-refractivity contribution < 1.29 is 4.79 Å². The molecule has 6 rings (SSSR count). The molecule has 1 amide bonds. The number of H-pyrrole nitrogens is 1. The Morgan fingerprint density at radius 3 is 2.55 bits per heavy atom. The van der Waals surface area contributed by atoms with E-state index in [9.17, 15) is 4.79 Å². The minimum Gasteiger partial charge on any atom is -0.382 e. The van der Waals surface area contributed by atoms with Gasteiger partial charge >= 0.3 is 0 Å². The van der Waals surface area contributed by atoms with E-state index in [0.29, 0.717) is 17.4 Å². The largest absolute Gasteiger partial charge is 0.382 e. The van der Waals surface area contributed by atoms with Crippen LogP contribution in [0.4, 0.5) is 11.4 Å². The Hall–Kier alpha value is -3.90. The molecule has 0 unspecified atom stereocenters. The van der Waals surface area contributed by atoms with Gasteiger partial charge in [0.15, 0.2) is 0 Å². The van der Waals surface area contributed by atoms with Crippen LogP contribution in [0.15, 0.2) is 72.8 Å². The second kappa shape index (κ2) is 8.22. The van der Waals surface area contributed by atoms with E-state index >= 15 is 0 Å². The molecule has 3 aromatic carbocycles. The Kier molecular flexibility index (Phi) is 4.92. The molecule has 4 N–H and O–H groups in total. The Balaban J connectivity index is 1.51. The number of rotatable bonds is 4. The smallest absolute Gasteiger partial charge is 0.257 e. The normalized spacial score (nSPS) is 17.6. The van der Waals surface area contributed by atoms with Crippen LogP contribution in [0, 0.1) is 0 Å². The number of nitrogens with zero attached hydrogens (tertiary/aromatic N) is 1. The Labute approximate surface area is 192 Å². The van der Waals surface area contributed by atoms with Crippen LogP contribution in [0.25, 0.3) is 22.2 Å². The van der Waals surface area contributed by atoms with Crippen molar-refractivity contribution in [1.82, 2.24) is 15.3 Å². The van der Waals surface area contributed by atoms with E-state index in [1.54, 1.807) is 0 Å². The Morgan fingerprint density at radius 2 is 1.73 bits per heavy atom. The van der Waals surface area contributed by atoms with Gasteiger partial charge in [0.25, 0.3) is 5.91 Å². The highest BCUT2D eigenvalue weighted by atomic mass is 16.2. The minimum absolute atomic E-state index is 0.108. The highest BCUT2D eigenvalue weighted by molar-refractivity contribution is 6.38. The zero-order valence-corrected chi connectivity index (χ0v) is 18.2. The van der Waals surface area contributed by atoms with Gasteiger partial charge in [-0.2, -0.15) is 0 Å². The molecule has 1 fully saturated rings. The fourth-order valence-corrected chi connectivity index (χ4v) is 4.78. The summed E-state index contributed by atoms with van der Waals surface area (Å²) in [6.45, 7) is 2.05. The molecule has 0 aliphatic carbocycles. The lowest BCUT2D eigenvalue weighted by molar-refractivity contribution is -0.110. The average Bonchev–Trinajstić information content (AvgIpc) is 3.42. The van der Waals surface area contributed by atoms with E-state index in [0.717, 1.165) is 65.0 Å². The SMILES string of the molecule is O=C1Nc2ccc(NC3CCNCC3)cc2C1=C(c1ccccc1)c1nc2ccccc2[nH]1. The number of para-hydroxylation sites is 2. The van der Waals surface area contributed by atoms with E-state index in [4.69, 9.17) is 4.98 Å². The number of benzene rings is 3. The minimum atomic E-state index is -0.108. The molecular formula is C27H25N5O. The topological polar surface area (TPSA) is 81.8 Å². The summed E-state index contributed by atoms with van der Waals surface area (Å²) in [5.41, 5.74) is 6.99. The maximum Gasteiger partial charge on any atom is 0.257 e. The number of anilines is 2. The van der Waals surface area contributed by atoms with Gasteiger partial charge in [0.2, 0.25) is 0 Å². The van der Waals surface area contributed by atoms with Gasteiger partial charge in [-0.3, -0.25) is 4.79 Å². The first kappa shape index (κ1) is 19.8. The zero-order chi connectivity index (χ0) is 22.2. The summed E-state index contributed by atoms with van der Waals surface area (Å²) in [7, 11) is 0. The van der Waals surface area contributed by atoms with Gasteiger partial charge in [-0.25, -0.2) is 4.98 Å². The maximum absolute atomic E-state index is 13.3. The van der Waals surface area contributed by atoms with Crippen molar-refractivity contribution in [2.75, 3.05) is 23.7 Å². The predicted molar refractivity (Wildman–Crippen MR) is 133 cm³/mol. The molecule has 0 spiro atoms. The number of hydrogen-bond donors (Lipinski definition) is 4. The Bertz CT molecular complexity index is 1330. The van der Waals surface area contributed by atoms with Crippen LogP contribution in [-0.2, 0) is 4.79 Å². The number of carbonyl (C=O) groups excluding carboxylic acids is 1. The van der Waals surface area contributed by atoms with Crippen LogP contribution in [0.1, 0.15) is 29.8 Å². The second-order valence-electron chi connectivity index (χ2n) is 8.60. The van der Waals surface area contributed by atoms with Gasteiger partial charge in [-0.05, 0) is 61.8 Å². The standard InChI is InChI=1S/C27H25N5O/c33-27-25(20-16-19(10-11-21(20)32-27)29-18-12-14-28-15-13-18)24(17-6-2-1-3-7-17)26-30-22-8-4-5-9-23(22)31-26/h1-11,16,18,28-29H,12-15H2,(H,30,31)(H,32,33). The van der Waals surface area contributed by atoms with E-state index in [-0.39, 0.29) is 5.91 Å². The fourth-order valence-electron chi connectivity index (χ4n) is 4.78. The van der Waals surface area contributed by atoms with Gasteiger partial charge in [-0.15, -0.1) is 0 Å². The molecule has 0 bridgehead atoms. The first-order valence-corrected chi connectivity index (χ1v) is 11.4. The summed E-state index contributed by atoms with van der Waals surface area (Å²) in [4.78, 5) is 21.6. The molecule has 2 aliphatic heterocycles. The lowest BCUT2D eigenvalue weighted by atomic mass is 9.94. The lowest BCUT2D eigenvalue weighted by Gasteiger charge is -2.25. The van der Waals surface area contributed by atoms with Gasteiger partial charge in [0, 0.05) is 28.6 Å². The quantitative estimate of drug-likeness (QED) is 0.352. The van der Waals surface area contributed by atoms with Gasteiger partial charge < -0.3 is 20.9 Å². The predicted octanol–water partition coefficient (Wildman–Crippen LogP) is 4.64. The molecule has 0 radical (unpaired) electrons. The van der Waals surface area contributed by atoms with E-state index < -0.39 is 0 Å². The van der Waals surface area contributed by atoms with E-state index in [2.05, 4.69) is 27.0 Å². The monoisotopic (exact) mass is 435 g/mol. The molecule has 4 aromatic rings. The molecular weight excluding hydrogens is 410 g/mol. The van der Waals surface area contributed by atoms with Gasteiger partial charge in [0.1, 0.15) is 5.82 Å². The number of nitrogens with one attached hydrogen (secondary N) is 4. The summed E-state index contributed by atoms with van der Waals surface area (Å²) < 4.78 is 0. The summed E-state index contributed by atoms with van der Waals surface area (Å²) in [6.07, 6.45) is 2.18. The van der Waals surface area contributed by atoms with E-state index in [1.165, 1.54) is 0 Å². The number of hydrogen-bond acceptors (Lipinski definition) is 4. The number of amides is 1. The third-order valence-electron chi connectivity index (χ3n) is 6.41. The molecule has 1 aromatic heterocycles. The number of fused-ring (bicyclic) bond motifs is 2. The second-order valence-corrected chi connectivity index (χ2v) is 8.60. The number of carbonyl (C=O) groups is 1. The highest BCUT2D eigenvalue weighted by Gasteiger charge is 2.30.